The molecule has 4 heterocycles. The number of benzene rings is 1. The van der Waals surface area contributed by atoms with Crippen LogP contribution in [-0.2, 0) is 20.6 Å². The van der Waals surface area contributed by atoms with Crippen molar-refractivity contribution in [2.24, 2.45) is 20.0 Å². The van der Waals surface area contributed by atoms with Crippen LogP contribution >= 0.6 is 0 Å². The van der Waals surface area contributed by atoms with Gasteiger partial charge >= 0.3 is 0 Å². The van der Waals surface area contributed by atoms with Crippen LogP contribution in [0, 0.1) is 5.92 Å². The Bertz CT molecular complexity index is 1050. The molecule has 0 radical (unpaired) electrons. The number of fused-ring (bicyclic) bond motifs is 1. The van der Waals surface area contributed by atoms with Gasteiger partial charge in [0.25, 0.3) is 0 Å². The van der Waals surface area contributed by atoms with Gasteiger partial charge in [0, 0.05) is 50.4 Å². The molecule has 0 spiro atoms. The lowest BCUT2D eigenvalue weighted by Gasteiger charge is -2.34. The van der Waals surface area contributed by atoms with Crippen LogP contribution < -0.4 is 9.47 Å². The minimum Gasteiger partial charge on any atom is -0.486 e. The number of piperidine rings is 1. The lowest BCUT2D eigenvalue weighted by Crippen LogP contribution is -2.35. The molecular weight excluding hydrogens is 394 g/mol. The summed E-state index contributed by atoms with van der Waals surface area (Å²) >= 11 is 0. The van der Waals surface area contributed by atoms with Crippen LogP contribution in [0.3, 0.4) is 0 Å². The second kappa shape index (κ2) is 8.36. The highest BCUT2D eigenvalue weighted by atomic mass is 16.6. The first-order valence-corrected chi connectivity index (χ1v) is 10.9. The number of nitrogens with zero attached hydrogens (tertiary/aromatic N) is 5. The number of aryl methyl sites for hydroxylation is 2. The zero-order valence-electron chi connectivity index (χ0n) is 18.1. The van der Waals surface area contributed by atoms with E-state index in [0.29, 0.717) is 13.2 Å². The van der Waals surface area contributed by atoms with Crippen molar-refractivity contribution >= 4 is 0 Å². The van der Waals surface area contributed by atoms with Gasteiger partial charge in [-0.1, -0.05) is 0 Å². The highest BCUT2D eigenvalue weighted by Crippen LogP contribution is 2.36. The number of imidazole rings is 1. The zero-order valence-corrected chi connectivity index (χ0v) is 18.1. The van der Waals surface area contributed by atoms with E-state index in [1.807, 2.05) is 41.7 Å². The Kier molecular flexibility index (Phi) is 5.41. The van der Waals surface area contributed by atoms with Crippen molar-refractivity contribution in [3.8, 4) is 22.8 Å². The van der Waals surface area contributed by atoms with E-state index in [1.54, 1.807) is 6.20 Å². The molecule has 3 aromatic rings. The van der Waals surface area contributed by atoms with E-state index in [0.717, 1.165) is 61.1 Å². The third-order valence-corrected chi connectivity index (χ3v) is 6.32. The molecule has 0 bridgehead atoms. The van der Waals surface area contributed by atoms with Crippen molar-refractivity contribution in [3.05, 3.63) is 48.2 Å². The molecule has 0 unspecified atom stereocenters. The lowest BCUT2D eigenvalue weighted by molar-refractivity contribution is 0.0492. The van der Waals surface area contributed by atoms with Gasteiger partial charge in [-0.2, -0.15) is 5.10 Å². The molecule has 0 aliphatic carbocycles. The fraction of sp³-hybridized carbons (Fsp3) is 0.478. The number of aliphatic hydroxyl groups excluding tert-OH is 1. The van der Waals surface area contributed by atoms with Gasteiger partial charge in [0.2, 0.25) is 0 Å². The fourth-order valence-corrected chi connectivity index (χ4v) is 4.63. The number of likely N-dealkylation sites (tertiary alicyclic amines) is 1. The Morgan fingerprint density at radius 1 is 1.13 bits per heavy atom. The fourth-order valence-electron chi connectivity index (χ4n) is 4.63. The van der Waals surface area contributed by atoms with Crippen LogP contribution in [0.25, 0.3) is 11.3 Å². The largest absolute Gasteiger partial charge is 0.486 e. The first-order chi connectivity index (χ1) is 15.1. The molecule has 164 valence electrons. The third kappa shape index (κ3) is 4.05. The van der Waals surface area contributed by atoms with Crippen molar-refractivity contribution in [2.45, 2.75) is 25.5 Å². The van der Waals surface area contributed by atoms with E-state index >= 15 is 0 Å². The van der Waals surface area contributed by atoms with Gasteiger partial charge in [0.1, 0.15) is 25.1 Å². The Morgan fingerprint density at radius 3 is 2.65 bits per heavy atom. The number of rotatable bonds is 5. The van der Waals surface area contributed by atoms with Crippen LogP contribution in [0.15, 0.2) is 36.8 Å². The van der Waals surface area contributed by atoms with Gasteiger partial charge in [0.15, 0.2) is 11.5 Å². The molecule has 1 atom stereocenters. The number of hydrogen-bond acceptors (Lipinski definition) is 6. The van der Waals surface area contributed by atoms with Crippen LogP contribution in [0.1, 0.15) is 30.3 Å². The van der Waals surface area contributed by atoms with Crippen LogP contribution in [0.5, 0.6) is 11.5 Å². The van der Waals surface area contributed by atoms with Gasteiger partial charge in [-0.3, -0.25) is 9.58 Å². The summed E-state index contributed by atoms with van der Waals surface area (Å²) in [4.78, 5) is 6.77. The first kappa shape index (κ1) is 20.1. The Labute approximate surface area is 182 Å². The molecule has 1 saturated heterocycles. The molecule has 8 nitrogen and oxygen atoms in total. The summed E-state index contributed by atoms with van der Waals surface area (Å²) in [6, 6.07) is 6.04. The van der Waals surface area contributed by atoms with Crippen molar-refractivity contribution < 1.29 is 14.6 Å². The van der Waals surface area contributed by atoms with Crippen molar-refractivity contribution in [1.82, 2.24) is 24.2 Å². The van der Waals surface area contributed by atoms with Crippen molar-refractivity contribution in [1.29, 1.82) is 0 Å². The minimum atomic E-state index is -0.506. The number of aliphatic hydroxyl groups is 1. The van der Waals surface area contributed by atoms with Gasteiger partial charge < -0.3 is 19.1 Å². The Balaban J connectivity index is 1.27. The van der Waals surface area contributed by atoms with E-state index in [2.05, 4.69) is 22.1 Å². The van der Waals surface area contributed by atoms with Crippen LogP contribution in [0.2, 0.25) is 0 Å². The summed E-state index contributed by atoms with van der Waals surface area (Å²) in [5, 5.41) is 15.5. The summed E-state index contributed by atoms with van der Waals surface area (Å²) in [6.45, 7) is 3.89. The molecule has 0 amide bonds. The van der Waals surface area contributed by atoms with E-state index in [-0.39, 0.29) is 5.92 Å². The molecule has 8 heteroatoms. The maximum atomic E-state index is 10.7. The molecule has 0 saturated carbocycles. The summed E-state index contributed by atoms with van der Waals surface area (Å²) < 4.78 is 15.2. The van der Waals surface area contributed by atoms with Gasteiger partial charge in [-0.25, -0.2) is 4.98 Å². The maximum absolute atomic E-state index is 10.7. The number of ether oxygens (including phenoxy) is 2. The SMILES string of the molecule is Cn1cc(CN2CCC([C@@H](O)c3nccn3C)CC2)c(-c2ccc3c(c2)OCCO3)n1. The average molecular weight is 424 g/mol. The second-order valence-electron chi connectivity index (χ2n) is 8.49. The third-order valence-electron chi connectivity index (χ3n) is 6.32. The summed E-state index contributed by atoms with van der Waals surface area (Å²) in [5.74, 6) is 2.57. The van der Waals surface area contributed by atoms with Crippen LogP contribution in [-0.4, -0.2) is 55.6 Å². The standard InChI is InChI=1S/C23H29N5O3/c1-26-10-7-24-23(26)22(29)16-5-8-28(9-6-16)15-18-14-27(2)25-21(18)17-3-4-19-20(13-17)31-12-11-30-19/h3-4,7,10,13-14,16,22,29H,5-6,8-9,11-12,15H2,1-2H3/t22-/m1/s1. The molecule has 5 rings (SSSR count). The smallest absolute Gasteiger partial charge is 0.162 e. The highest BCUT2D eigenvalue weighted by Gasteiger charge is 2.29. The molecule has 1 aromatic carbocycles. The highest BCUT2D eigenvalue weighted by molar-refractivity contribution is 5.66. The predicted octanol–water partition coefficient (Wildman–Crippen LogP) is 2.54. The molecule has 2 aliphatic heterocycles. The molecule has 2 aliphatic rings. The lowest BCUT2D eigenvalue weighted by atomic mass is 9.90. The van der Waals surface area contributed by atoms with Crippen LogP contribution in [0.4, 0.5) is 0 Å². The summed E-state index contributed by atoms with van der Waals surface area (Å²) in [6.07, 6.45) is 7.13. The summed E-state index contributed by atoms with van der Waals surface area (Å²) in [7, 11) is 3.89. The second-order valence-corrected chi connectivity index (χ2v) is 8.49. The van der Waals surface area contributed by atoms with Gasteiger partial charge in [-0.15, -0.1) is 0 Å². The molecule has 31 heavy (non-hydrogen) atoms. The van der Waals surface area contributed by atoms with E-state index in [9.17, 15) is 5.11 Å². The monoisotopic (exact) mass is 423 g/mol. The predicted molar refractivity (Wildman–Crippen MR) is 116 cm³/mol. The van der Waals surface area contributed by atoms with Gasteiger partial charge in [-0.05, 0) is 50.0 Å². The van der Waals surface area contributed by atoms with Crippen molar-refractivity contribution in [3.63, 3.8) is 0 Å². The van der Waals surface area contributed by atoms with E-state index in [4.69, 9.17) is 14.6 Å². The molecule has 1 fully saturated rings. The zero-order chi connectivity index (χ0) is 21.4. The number of hydrogen-bond donors (Lipinski definition) is 1. The Hall–Kier alpha value is -2.84. The maximum Gasteiger partial charge on any atom is 0.162 e. The van der Waals surface area contributed by atoms with E-state index < -0.39 is 6.10 Å². The summed E-state index contributed by atoms with van der Waals surface area (Å²) in [5.41, 5.74) is 3.22. The van der Waals surface area contributed by atoms with Crippen molar-refractivity contribution in [2.75, 3.05) is 26.3 Å². The average Bonchev–Trinajstić information content (AvgIpc) is 3.38. The topological polar surface area (TPSA) is 77.6 Å². The number of aromatic nitrogens is 4. The normalized spacial score (nSPS) is 18.3. The molecule has 2 aromatic heterocycles. The molecular formula is C23H29N5O3. The first-order valence-electron chi connectivity index (χ1n) is 10.9. The van der Waals surface area contributed by atoms with E-state index in [1.165, 1.54) is 5.56 Å². The Morgan fingerprint density at radius 2 is 1.90 bits per heavy atom. The minimum absolute atomic E-state index is 0.239. The molecule has 1 N–H and O–H groups in total. The quantitative estimate of drug-likeness (QED) is 0.680. The van der Waals surface area contributed by atoms with Gasteiger partial charge in [0.05, 0.1) is 5.69 Å².